The number of nitrogens with zero attached hydrogens (tertiary/aromatic N) is 1. The highest BCUT2D eigenvalue weighted by Gasteiger charge is 2.14. The van der Waals surface area contributed by atoms with Crippen molar-refractivity contribution in [1.29, 1.82) is 0 Å². The molecule has 0 fully saturated rings. The molecule has 3 aromatic rings. The molecule has 6 nitrogen and oxygen atoms in total. The summed E-state index contributed by atoms with van der Waals surface area (Å²) >= 11 is 1.48. The van der Waals surface area contributed by atoms with Crippen LogP contribution < -0.4 is 4.74 Å². The monoisotopic (exact) mass is 383 g/mol. The molecule has 0 radical (unpaired) electrons. The van der Waals surface area contributed by atoms with Crippen LogP contribution in [0.1, 0.15) is 33.0 Å². The Balaban J connectivity index is 1.62. The Hall–Kier alpha value is -3.19. The van der Waals surface area contributed by atoms with Crippen LogP contribution in [-0.2, 0) is 13.0 Å². The SMILES string of the molecule is CCc1ccc(C(=O)/C=C/c2ccc(COc3ccccc3[N+](=O)[O-])o2)s1. The van der Waals surface area contributed by atoms with Gasteiger partial charge in [0.15, 0.2) is 11.5 Å². The maximum Gasteiger partial charge on any atom is 0.310 e. The van der Waals surface area contributed by atoms with Crippen LogP contribution in [0.5, 0.6) is 5.75 Å². The Kier molecular flexibility index (Phi) is 5.83. The molecule has 1 aromatic carbocycles. The first-order chi connectivity index (χ1) is 13.1. The number of hydrogen-bond donors (Lipinski definition) is 0. The fourth-order valence-corrected chi connectivity index (χ4v) is 3.25. The summed E-state index contributed by atoms with van der Waals surface area (Å²) < 4.78 is 11.1. The summed E-state index contributed by atoms with van der Waals surface area (Å²) in [6.45, 7) is 2.10. The van der Waals surface area contributed by atoms with Gasteiger partial charge in [0.05, 0.1) is 9.80 Å². The van der Waals surface area contributed by atoms with Crippen LogP contribution in [-0.4, -0.2) is 10.7 Å². The zero-order valence-corrected chi connectivity index (χ0v) is 15.4. The first kappa shape index (κ1) is 18.6. The van der Waals surface area contributed by atoms with Gasteiger partial charge in [0, 0.05) is 10.9 Å². The van der Waals surface area contributed by atoms with Crippen molar-refractivity contribution in [3.05, 3.63) is 86.0 Å². The fourth-order valence-electron chi connectivity index (χ4n) is 2.38. The van der Waals surface area contributed by atoms with Gasteiger partial charge in [0.1, 0.15) is 18.1 Å². The van der Waals surface area contributed by atoms with Gasteiger partial charge in [-0.2, -0.15) is 0 Å². The third kappa shape index (κ3) is 4.71. The number of rotatable bonds is 8. The molecule has 0 N–H and O–H groups in total. The lowest BCUT2D eigenvalue weighted by Crippen LogP contribution is -1.97. The molecule has 138 valence electrons. The molecular formula is C20H17NO5S. The highest BCUT2D eigenvalue weighted by atomic mass is 32.1. The molecule has 0 aliphatic carbocycles. The van der Waals surface area contributed by atoms with E-state index in [-0.39, 0.29) is 23.8 Å². The predicted octanol–water partition coefficient (Wildman–Crippen LogP) is 5.29. The second-order valence-corrected chi connectivity index (χ2v) is 6.80. The molecule has 7 heteroatoms. The van der Waals surface area contributed by atoms with Crippen LogP contribution in [0.4, 0.5) is 5.69 Å². The first-order valence-electron chi connectivity index (χ1n) is 8.33. The molecule has 0 aliphatic heterocycles. The molecule has 0 bridgehead atoms. The number of nitro groups is 1. The Labute approximate surface area is 159 Å². The van der Waals surface area contributed by atoms with Crippen LogP contribution in [0.2, 0.25) is 0 Å². The Morgan fingerprint density at radius 1 is 1.22 bits per heavy atom. The molecule has 2 aromatic heterocycles. The third-order valence-corrected chi connectivity index (χ3v) is 5.01. The Morgan fingerprint density at radius 2 is 2.04 bits per heavy atom. The van der Waals surface area contributed by atoms with Gasteiger partial charge in [-0.1, -0.05) is 19.1 Å². The minimum absolute atomic E-state index is 0.0530. The van der Waals surface area contributed by atoms with E-state index >= 15 is 0 Å². The van der Waals surface area contributed by atoms with Crippen molar-refractivity contribution in [3.63, 3.8) is 0 Å². The van der Waals surface area contributed by atoms with Crippen molar-refractivity contribution in [2.24, 2.45) is 0 Å². The number of aryl methyl sites for hydroxylation is 1. The van der Waals surface area contributed by atoms with E-state index in [1.807, 2.05) is 19.1 Å². The van der Waals surface area contributed by atoms with Gasteiger partial charge in [-0.25, -0.2) is 0 Å². The number of furan rings is 1. The van der Waals surface area contributed by atoms with Gasteiger partial charge in [-0.05, 0) is 48.9 Å². The number of nitro benzene ring substituents is 1. The minimum atomic E-state index is -0.494. The normalized spacial score (nSPS) is 11.0. The average Bonchev–Trinajstić information content (AvgIpc) is 3.34. The van der Waals surface area contributed by atoms with Crippen molar-refractivity contribution >= 4 is 28.9 Å². The minimum Gasteiger partial charge on any atom is -0.479 e. The molecule has 0 aliphatic rings. The number of benzene rings is 1. The van der Waals surface area contributed by atoms with Crippen LogP contribution in [0, 0.1) is 10.1 Å². The van der Waals surface area contributed by atoms with Crippen LogP contribution in [0.15, 0.2) is 59.0 Å². The maximum atomic E-state index is 12.2. The van der Waals surface area contributed by atoms with Gasteiger partial charge in [0.2, 0.25) is 0 Å². The Morgan fingerprint density at radius 3 is 2.78 bits per heavy atom. The third-order valence-electron chi connectivity index (χ3n) is 3.77. The van der Waals surface area contributed by atoms with Crippen molar-refractivity contribution in [3.8, 4) is 5.75 Å². The number of thiophene rings is 1. The summed E-state index contributed by atoms with van der Waals surface area (Å²) in [5.74, 6) is 1.12. The summed E-state index contributed by atoms with van der Waals surface area (Å²) in [5, 5.41) is 11.0. The lowest BCUT2D eigenvalue weighted by atomic mass is 10.2. The van der Waals surface area contributed by atoms with E-state index in [2.05, 4.69) is 0 Å². The fraction of sp³-hybridized carbons (Fsp3) is 0.150. The van der Waals surface area contributed by atoms with Crippen LogP contribution in [0.25, 0.3) is 6.08 Å². The van der Waals surface area contributed by atoms with Gasteiger partial charge in [0.25, 0.3) is 0 Å². The zero-order valence-electron chi connectivity index (χ0n) is 14.6. The maximum absolute atomic E-state index is 12.2. The highest BCUT2D eigenvalue weighted by molar-refractivity contribution is 7.14. The quantitative estimate of drug-likeness (QED) is 0.228. The van der Waals surface area contributed by atoms with Crippen LogP contribution in [0.3, 0.4) is 0 Å². The smallest absolute Gasteiger partial charge is 0.310 e. The molecule has 27 heavy (non-hydrogen) atoms. The first-order valence-corrected chi connectivity index (χ1v) is 9.14. The molecule has 0 saturated heterocycles. The number of para-hydroxylation sites is 2. The van der Waals surface area contributed by atoms with Gasteiger partial charge < -0.3 is 9.15 Å². The van der Waals surface area contributed by atoms with Crippen LogP contribution >= 0.6 is 11.3 Å². The molecule has 0 spiro atoms. The zero-order chi connectivity index (χ0) is 19.2. The summed E-state index contributed by atoms with van der Waals surface area (Å²) in [6, 6.07) is 13.4. The second kappa shape index (κ2) is 8.46. The van der Waals surface area contributed by atoms with E-state index in [9.17, 15) is 14.9 Å². The van der Waals surface area contributed by atoms with E-state index in [4.69, 9.17) is 9.15 Å². The van der Waals surface area contributed by atoms with E-state index in [0.717, 1.165) is 6.42 Å². The average molecular weight is 383 g/mol. The number of carbonyl (C=O) groups is 1. The summed E-state index contributed by atoms with van der Waals surface area (Å²) in [6.07, 6.45) is 3.97. The summed E-state index contributed by atoms with van der Waals surface area (Å²) in [7, 11) is 0. The molecule has 0 unspecified atom stereocenters. The standard InChI is InChI=1S/C20H17NO5S/c1-2-16-10-12-20(27-16)18(22)11-9-14-7-8-15(26-14)13-25-19-6-4-3-5-17(19)21(23)24/h3-12H,2,13H2,1H3/b11-9+. The van der Waals surface area contributed by atoms with Gasteiger partial charge in [-0.3, -0.25) is 14.9 Å². The predicted molar refractivity (Wildman–Crippen MR) is 103 cm³/mol. The van der Waals surface area contributed by atoms with Crippen molar-refractivity contribution in [2.75, 3.05) is 0 Å². The number of allylic oxidation sites excluding steroid dienone is 1. The highest BCUT2D eigenvalue weighted by Crippen LogP contribution is 2.27. The topological polar surface area (TPSA) is 82.6 Å². The number of ether oxygens (including phenoxy) is 1. The number of ketones is 1. The molecule has 0 saturated carbocycles. The number of carbonyl (C=O) groups excluding carboxylic acids is 1. The molecule has 0 amide bonds. The molecule has 0 atom stereocenters. The van der Waals surface area contributed by atoms with Crippen molar-refractivity contribution < 1.29 is 18.9 Å². The lowest BCUT2D eigenvalue weighted by molar-refractivity contribution is -0.386. The van der Waals surface area contributed by atoms with E-state index < -0.39 is 4.92 Å². The molecular weight excluding hydrogens is 366 g/mol. The molecule has 3 rings (SSSR count). The van der Waals surface area contributed by atoms with E-state index in [1.54, 1.807) is 30.3 Å². The largest absolute Gasteiger partial charge is 0.479 e. The Bertz CT molecular complexity index is 986. The summed E-state index contributed by atoms with van der Waals surface area (Å²) in [5.41, 5.74) is -0.0998. The van der Waals surface area contributed by atoms with E-state index in [0.29, 0.717) is 16.4 Å². The number of hydrogen-bond acceptors (Lipinski definition) is 6. The van der Waals surface area contributed by atoms with E-state index in [1.165, 1.54) is 34.4 Å². The lowest BCUT2D eigenvalue weighted by Gasteiger charge is -2.04. The van der Waals surface area contributed by atoms with Gasteiger partial charge in [-0.15, -0.1) is 11.3 Å². The van der Waals surface area contributed by atoms with Crippen molar-refractivity contribution in [2.45, 2.75) is 20.0 Å². The summed E-state index contributed by atoms with van der Waals surface area (Å²) in [4.78, 5) is 24.5. The second-order valence-electron chi connectivity index (χ2n) is 5.63. The van der Waals surface area contributed by atoms with Gasteiger partial charge >= 0.3 is 5.69 Å². The molecule has 2 heterocycles. The van der Waals surface area contributed by atoms with Crippen molar-refractivity contribution in [1.82, 2.24) is 0 Å².